The maximum Gasteiger partial charge on any atom is 0.186 e. The van der Waals surface area contributed by atoms with Crippen molar-refractivity contribution >= 4 is 0 Å². The van der Waals surface area contributed by atoms with E-state index in [1.165, 1.54) is 14.2 Å². The van der Waals surface area contributed by atoms with Gasteiger partial charge in [0.1, 0.15) is 24.4 Å². The van der Waals surface area contributed by atoms with Crippen LogP contribution in [0.2, 0.25) is 0 Å². The molecular weight excluding hydrogens is 298 g/mol. The van der Waals surface area contributed by atoms with Crippen LogP contribution in [0.3, 0.4) is 0 Å². The fourth-order valence-corrected chi connectivity index (χ4v) is 2.77. The zero-order valence-corrected chi connectivity index (χ0v) is 12.7. The van der Waals surface area contributed by atoms with Gasteiger partial charge in [0.05, 0.1) is 12.7 Å². The Balaban J connectivity index is 1.98. The van der Waals surface area contributed by atoms with Crippen LogP contribution in [0, 0.1) is 0 Å². The smallest absolute Gasteiger partial charge is 0.186 e. The van der Waals surface area contributed by atoms with E-state index < -0.39 is 43.1 Å². The molecule has 0 aromatic heterocycles. The Morgan fingerprint density at radius 2 is 1.73 bits per heavy atom. The van der Waals surface area contributed by atoms with Gasteiger partial charge in [0.2, 0.25) is 0 Å². The van der Waals surface area contributed by atoms with Crippen molar-refractivity contribution in [3.63, 3.8) is 0 Å². The SMILES string of the molecule is CO[C@@H]1CN(C[C@H]2O[C@H](OC)[C@H](O)[C@@H](O)[C@@H]2O)C[C@@H](CO)O1. The number of hydrogen-bond donors (Lipinski definition) is 4. The van der Waals surface area contributed by atoms with Crippen LogP contribution in [0.4, 0.5) is 0 Å². The highest BCUT2D eigenvalue weighted by Crippen LogP contribution is 2.23. The molecule has 22 heavy (non-hydrogen) atoms. The summed E-state index contributed by atoms with van der Waals surface area (Å²) >= 11 is 0. The predicted octanol–water partition coefficient (Wildman–Crippen LogP) is -2.89. The number of morpholine rings is 1. The van der Waals surface area contributed by atoms with Crippen molar-refractivity contribution in [2.45, 2.75) is 43.1 Å². The molecule has 0 aliphatic carbocycles. The first-order valence-corrected chi connectivity index (χ1v) is 7.24. The summed E-state index contributed by atoms with van der Waals surface area (Å²) in [5, 5.41) is 38.9. The Kier molecular flexibility index (Phi) is 6.50. The zero-order valence-electron chi connectivity index (χ0n) is 12.7. The number of nitrogens with zero attached hydrogens (tertiary/aromatic N) is 1. The van der Waals surface area contributed by atoms with Crippen LogP contribution in [0.15, 0.2) is 0 Å². The first-order chi connectivity index (χ1) is 10.5. The van der Waals surface area contributed by atoms with Crippen LogP contribution in [0.1, 0.15) is 0 Å². The number of rotatable bonds is 5. The van der Waals surface area contributed by atoms with E-state index in [9.17, 15) is 20.4 Å². The van der Waals surface area contributed by atoms with Gasteiger partial charge in [-0.2, -0.15) is 0 Å². The van der Waals surface area contributed by atoms with Gasteiger partial charge in [-0.3, -0.25) is 4.90 Å². The lowest BCUT2D eigenvalue weighted by atomic mass is 9.98. The molecule has 0 saturated carbocycles. The minimum Gasteiger partial charge on any atom is -0.394 e. The van der Waals surface area contributed by atoms with Gasteiger partial charge in [-0.1, -0.05) is 0 Å². The molecule has 0 amide bonds. The van der Waals surface area contributed by atoms with E-state index in [0.717, 1.165) is 0 Å². The zero-order chi connectivity index (χ0) is 16.3. The van der Waals surface area contributed by atoms with E-state index in [2.05, 4.69) is 0 Å². The molecule has 0 unspecified atom stereocenters. The molecule has 4 N–H and O–H groups in total. The monoisotopic (exact) mass is 323 g/mol. The number of aliphatic hydroxyl groups is 4. The average molecular weight is 323 g/mol. The van der Waals surface area contributed by atoms with Gasteiger partial charge in [0.15, 0.2) is 12.6 Å². The Hall–Kier alpha value is -0.360. The van der Waals surface area contributed by atoms with Crippen molar-refractivity contribution in [3.05, 3.63) is 0 Å². The summed E-state index contributed by atoms with van der Waals surface area (Å²) in [7, 11) is 2.86. The van der Waals surface area contributed by atoms with Gasteiger partial charge in [-0.05, 0) is 0 Å². The fourth-order valence-electron chi connectivity index (χ4n) is 2.77. The number of methoxy groups -OCH3 is 2. The van der Waals surface area contributed by atoms with Crippen molar-refractivity contribution in [3.8, 4) is 0 Å². The van der Waals surface area contributed by atoms with Gasteiger partial charge in [-0.25, -0.2) is 0 Å². The third kappa shape index (κ3) is 3.94. The van der Waals surface area contributed by atoms with Crippen LogP contribution in [-0.2, 0) is 18.9 Å². The number of hydrogen-bond acceptors (Lipinski definition) is 9. The van der Waals surface area contributed by atoms with Crippen molar-refractivity contribution in [1.82, 2.24) is 4.90 Å². The summed E-state index contributed by atoms with van der Waals surface area (Å²) in [6, 6.07) is 0. The van der Waals surface area contributed by atoms with Gasteiger partial charge >= 0.3 is 0 Å². The summed E-state index contributed by atoms with van der Waals surface area (Å²) in [4.78, 5) is 1.91. The molecular formula is C13H25NO8. The first-order valence-electron chi connectivity index (χ1n) is 7.24. The Labute approximate surface area is 128 Å². The van der Waals surface area contributed by atoms with Crippen LogP contribution in [0.5, 0.6) is 0 Å². The quantitative estimate of drug-likeness (QED) is 0.422. The highest BCUT2D eigenvalue weighted by molar-refractivity contribution is 4.91. The van der Waals surface area contributed by atoms with Crippen LogP contribution in [0.25, 0.3) is 0 Å². The summed E-state index contributed by atoms with van der Waals surface area (Å²) in [5.74, 6) is 0. The lowest BCUT2D eigenvalue weighted by Crippen LogP contribution is -2.62. The number of aliphatic hydroxyl groups excluding tert-OH is 4. The third-order valence-corrected chi connectivity index (χ3v) is 4.02. The molecule has 2 aliphatic heterocycles. The van der Waals surface area contributed by atoms with Crippen LogP contribution in [-0.4, -0.2) is 109 Å². The van der Waals surface area contributed by atoms with E-state index in [1.54, 1.807) is 0 Å². The minimum atomic E-state index is -1.35. The standard InChI is InChI=1S/C13H25NO8/c1-19-9-5-14(3-7(6-15)21-9)4-8-10(16)11(17)12(18)13(20-2)22-8/h7-13,15-18H,3-6H2,1-2H3/t7-,8+,9-,10+,11-,12+,13-/m0/s1. The highest BCUT2D eigenvalue weighted by atomic mass is 16.7. The summed E-state index contributed by atoms with van der Waals surface area (Å²) in [6.07, 6.45) is -6.52. The molecule has 0 spiro atoms. The fraction of sp³-hybridized carbons (Fsp3) is 1.00. The molecule has 7 atom stereocenters. The first kappa shape index (κ1) is 18.0. The maximum atomic E-state index is 10.1. The molecule has 2 heterocycles. The van der Waals surface area contributed by atoms with Crippen molar-refractivity contribution in [1.29, 1.82) is 0 Å². The van der Waals surface area contributed by atoms with Gasteiger partial charge in [0.25, 0.3) is 0 Å². The molecule has 9 nitrogen and oxygen atoms in total. The lowest BCUT2D eigenvalue weighted by Gasteiger charge is -2.43. The van der Waals surface area contributed by atoms with Gasteiger partial charge < -0.3 is 39.4 Å². The molecule has 2 fully saturated rings. The second-order valence-corrected chi connectivity index (χ2v) is 5.57. The molecule has 0 aromatic carbocycles. The topological polar surface area (TPSA) is 121 Å². The molecule has 130 valence electrons. The summed E-state index contributed by atoms with van der Waals surface area (Å²) < 4.78 is 21.1. The van der Waals surface area contributed by atoms with Crippen LogP contribution >= 0.6 is 0 Å². The summed E-state index contributed by atoms with van der Waals surface area (Å²) in [6.45, 7) is 1.02. The maximum absolute atomic E-state index is 10.1. The number of ether oxygens (including phenoxy) is 4. The molecule has 2 saturated heterocycles. The molecule has 2 aliphatic rings. The Morgan fingerprint density at radius 3 is 2.32 bits per heavy atom. The lowest BCUT2D eigenvalue weighted by molar-refractivity contribution is -0.295. The highest BCUT2D eigenvalue weighted by Gasteiger charge is 2.45. The predicted molar refractivity (Wildman–Crippen MR) is 72.9 cm³/mol. The Bertz CT molecular complexity index is 332. The van der Waals surface area contributed by atoms with E-state index in [-0.39, 0.29) is 13.2 Å². The molecule has 2 rings (SSSR count). The average Bonchev–Trinajstić information content (AvgIpc) is 2.54. The van der Waals surface area contributed by atoms with Gasteiger partial charge in [0, 0.05) is 33.9 Å². The molecule has 0 bridgehead atoms. The third-order valence-electron chi connectivity index (χ3n) is 4.02. The second kappa shape index (κ2) is 7.95. The van der Waals surface area contributed by atoms with Gasteiger partial charge in [-0.15, -0.1) is 0 Å². The van der Waals surface area contributed by atoms with Crippen molar-refractivity contribution < 1.29 is 39.4 Å². The van der Waals surface area contributed by atoms with Crippen molar-refractivity contribution in [2.75, 3.05) is 40.5 Å². The second-order valence-electron chi connectivity index (χ2n) is 5.57. The minimum absolute atomic E-state index is 0.146. The van der Waals surface area contributed by atoms with Crippen LogP contribution < -0.4 is 0 Å². The Morgan fingerprint density at radius 1 is 1.00 bits per heavy atom. The van der Waals surface area contributed by atoms with Crippen molar-refractivity contribution in [2.24, 2.45) is 0 Å². The molecule has 0 aromatic rings. The molecule has 0 radical (unpaired) electrons. The summed E-state index contributed by atoms with van der Waals surface area (Å²) in [5.41, 5.74) is 0. The van der Waals surface area contributed by atoms with E-state index in [1.807, 2.05) is 4.90 Å². The molecule has 9 heteroatoms. The van der Waals surface area contributed by atoms with E-state index in [4.69, 9.17) is 18.9 Å². The normalized spacial score (nSPS) is 44.2. The van der Waals surface area contributed by atoms with E-state index >= 15 is 0 Å². The van der Waals surface area contributed by atoms with E-state index in [0.29, 0.717) is 13.1 Å². The largest absolute Gasteiger partial charge is 0.394 e.